The first-order valence-corrected chi connectivity index (χ1v) is 11.3. The van der Waals surface area contributed by atoms with Gasteiger partial charge in [-0.3, -0.25) is 10.1 Å². The van der Waals surface area contributed by atoms with Crippen LogP contribution in [0.25, 0.3) is 11.5 Å². The summed E-state index contributed by atoms with van der Waals surface area (Å²) in [4.78, 5) is 28.0. The van der Waals surface area contributed by atoms with Gasteiger partial charge in [-0.15, -0.1) is 33.3 Å². The first kappa shape index (κ1) is 21.7. The van der Waals surface area contributed by atoms with Crippen LogP contribution in [0.4, 0.5) is 5.69 Å². The average Bonchev–Trinajstić information content (AvgIpc) is 3.50. The van der Waals surface area contributed by atoms with E-state index in [1.165, 1.54) is 24.3 Å². The van der Waals surface area contributed by atoms with Gasteiger partial charge in [-0.25, -0.2) is 9.78 Å². The number of aromatic nitrogens is 3. The molecular weight excluding hydrogens is 452 g/mol. The number of esters is 1. The number of non-ortho nitro benzene ring substituents is 1. The lowest BCUT2D eigenvalue weighted by Crippen LogP contribution is -2.09. The second-order valence-electron chi connectivity index (χ2n) is 6.59. The van der Waals surface area contributed by atoms with Crippen molar-refractivity contribution in [3.8, 4) is 11.5 Å². The lowest BCUT2D eigenvalue weighted by Gasteiger charge is -2.09. The Morgan fingerprint density at radius 1 is 1.19 bits per heavy atom. The first-order chi connectivity index (χ1) is 15.5. The molecule has 0 aliphatic heterocycles. The minimum Gasteiger partial charge on any atom is -0.449 e. The van der Waals surface area contributed by atoms with Crippen molar-refractivity contribution in [2.45, 2.75) is 23.7 Å². The minimum atomic E-state index is -0.763. The third kappa shape index (κ3) is 5.18. The van der Waals surface area contributed by atoms with E-state index in [2.05, 4.69) is 15.2 Å². The number of nitrogens with zero attached hydrogens (tertiary/aromatic N) is 4. The molecule has 9 nitrogen and oxygen atoms in total. The predicted molar refractivity (Wildman–Crippen MR) is 118 cm³/mol. The molecule has 0 aliphatic carbocycles. The molecule has 0 amide bonds. The van der Waals surface area contributed by atoms with Crippen molar-refractivity contribution in [1.82, 2.24) is 15.2 Å². The normalized spacial score (nSPS) is 11.8. The van der Waals surface area contributed by atoms with Gasteiger partial charge in [0.05, 0.1) is 21.7 Å². The highest BCUT2D eigenvalue weighted by atomic mass is 32.2. The van der Waals surface area contributed by atoms with E-state index in [1.54, 1.807) is 47.7 Å². The van der Waals surface area contributed by atoms with Crippen LogP contribution in [0.5, 0.6) is 0 Å². The molecule has 0 spiro atoms. The maximum absolute atomic E-state index is 12.5. The number of nitro groups is 1. The molecule has 0 aliphatic rings. The molecule has 0 saturated heterocycles. The third-order valence-corrected chi connectivity index (χ3v) is 6.04. The minimum absolute atomic E-state index is 0.0386. The number of nitro benzene ring substituents is 1. The van der Waals surface area contributed by atoms with Crippen molar-refractivity contribution in [1.29, 1.82) is 0 Å². The summed E-state index contributed by atoms with van der Waals surface area (Å²) in [5.41, 5.74) is 3.71. The summed E-state index contributed by atoms with van der Waals surface area (Å²) < 4.78 is 11.0. The van der Waals surface area contributed by atoms with E-state index in [-0.39, 0.29) is 17.5 Å². The Balaban J connectivity index is 1.35. The van der Waals surface area contributed by atoms with Crippen LogP contribution in [0.2, 0.25) is 0 Å². The van der Waals surface area contributed by atoms with Gasteiger partial charge in [0.15, 0.2) is 6.10 Å². The van der Waals surface area contributed by atoms with Crippen molar-refractivity contribution >= 4 is 34.8 Å². The molecule has 2 aromatic carbocycles. The van der Waals surface area contributed by atoms with Crippen molar-refractivity contribution in [2.24, 2.45) is 0 Å². The van der Waals surface area contributed by atoms with E-state index in [0.717, 1.165) is 16.3 Å². The Bertz CT molecular complexity index is 1210. The maximum atomic E-state index is 12.5. The number of hydrogen-bond acceptors (Lipinski definition) is 10. The second-order valence-corrected chi connectivity index (χ2v) is 8.36. The van der Waals surface area contributed by atoms with Crippen LogP contribution in [-0.4, -0.2) is 26.1 Å². The van der Waals surface area contributed by atoms with Crippen molar-refractivity contribution in [3.63, 3.8) is 0 Å². The Kier molecular flexibility index (Phi) is 6.57. The fourth-order valence-electron chi connectivity index (χ4n) is 2.67. The molecule has 4 rings (SSSR count). The van der Waals surface area contributed by atoms with E-state index in [9.17, 15) is 14.9 Å². The van der Waals surface area contributed by atoms with Gasteiger partial charge in [-0.1, -0.05) is 0 Å². The van der Waals surface area contributed by atoms with Gasteiger partial charge in [0.1, 0.15) is 0 Å². The fourth-order valence-corrected chi connectivity index (χ4v) is 4.14. The van der Waals surface area contributed by atoms with E-state index >= 15 is 0 Å². The van der Waals surface area contributed by atoms with Gasteiger partial charge >= 0.3 is 5.97 Å². The highest BCUT2D eigenvalue weighted by molar-refractivity contribution is 7.98. The highest BCUT2D eigenvalue weighted by Crippen LogP contribution is 2.26. The van der Waals surface area contributed by atoms with Crippen LogP contribution in [0, 0.1) is 10.1 Å². The molecule has 0 N–H and O–H groups in total. The molecule has 32 heavy (non-hydrogen) atoms. The highest BCUT2D eigenvalue weighted by Gasteiger charge is 2.20. The Morgan fingerprint density at radius 3 is 2.59 bits per heavy atom. The summed E-state index contributed by atoms with van der Waals surface area (Å²) in [6.45, 7) is 1.63. The standard InChI is InChI=1S/C21H16N4O5S2/c1-13(19-23-24-20(30-19)14-2-6-17(7-3-14)25(27)28)29-21(26)15-4-8-18(9-5-15)32-11-16-10-31-12-22-16/h2-10,12-13H,11H2,1H3. The molecule has 0 radical (unpaired) electrons. The monoisotopic (exact) mass is 468 g/mol. The van der Waals surface area contributed by atoms with E-state index < -0.39 is 17.0 Å². The zero-order valence-corrected chi connectivity index (χ0v) is 18.3. The summed E-state index contributed by atoms with van der Waals surface area (Å²) in [5.74, 6) is 0.559. The zero-order valence-electron chi connectivity index (χ0n) is 16.7. The molecular formula is C21H16N4O5S2. The number of ether oxygens (including phenoxy) is 1. The van der Waals surface area contributed by atoms with Crippen LogP contribution in [-0.2, 0) is 10.5 Å². The Labute approximate surface area is 190 Å². The number of hydrogen-bond donors (Lipinski definition) is 0. The number of carbonyl (C=O) groups is 1. The van der Waals surface area contributed by atoms with E-state index in [1.807, 2.05) is 17.5 Å². The molecule has 0 fully saturated rings. The molecule has 11 heteroatoms. The van der Waals surface area contributed by atoms with Crippen LogP contribution in [0.1, 0.15) is 35.0 Å². The van der Waals surface area contributed by atoms with Crippen LogP contribution >= 0.6 is 23.1 Å². The van der Waals surface area contributed by atoms with Gasteiger partial charge in [-0.05, 0) is 43.3 Å². The van der Waals surface area contributed by atoms with Gasteiger partial charge in [0.2, 0.25) is 5.89 Å². The third-order valence-electron chi connectivity index (χ3n) is 4.36. The molecule has 0 bridgehead atoms. The number of thiazole rings is 1. The van der Waals surface area contributed by atoms with Crippen molar-refractivity contribution < 1.29 is 18.9 Å². The Hall–Kier alpha value is -3.57. The lowest BCUT2D eigenvalue weighted by molar-refractivity contribution is -0.384. The largest absolute Gasteiger partial charge is 0.449 e. The predicted octanol–water partition coefficient (Wildman–Crippen LogP) is 5.31. The lowest BCUT2D eigenvalue weighted by atomic mass is 10.2. The number of thioether (sulfide) groups is 1. The second kappa shape index (κ2) is 9.71. The molecule has 2 aromatic heterocycles. The number of benzene rings is 2. The molecule has 1 atom stereocenters. The maximum Gasteiger partial charge on any atom is 0.338 e. The van der Waals surface area contributed by atoms with Crippen LogP contribution < -0.4 is 0 Å². The molecule has 0 saturated carbocycles. The molecule has 162 valence electrons. The van der Waals surface area contributed by atoms with Crippen molar-refractivity contribution in [2.75, 3.05) is 0 Å². The van der Waals surface area contributed by atoms with Crippen LogP contribution in [0.3, 0.4) is 0 Å². The summed E-state index contributed by atoms with van der Waals surface area (Å²) in [6, 6.07) is 12.8. The number of rotatable bonds is 8. The zero-order chi connectivity index (χ0) is 22.5. The average molecular weight is 469 g/mol. The summed E-state index contributed by atoms with van der Waals surface area (Å²) >= 11 is 3.19. The fraction of sp³-hybridized carbons (Fsp3) is 0.143. The van der Waals surface area contributed by atoms with Crippen molar-refractivity contribution in [3.05, 3.63) is 86.7 Å². The first-order valence-electron chi connectivity index (χ1n) is 9.39. The molecule has 4 aromatic rings. The summed E-state index contributed by atoms with van der Waals surface area (Å²) in [7, 11) is 0. The Morgan fingerprint density at radius 2 is 1.94 bits per heavy atom. The molecule has 2 heterocycles. The van der Waals surface area contributed by atoms with Gasteiger partial charge in [-0.2, -0.15) is 0 Å². The van der Waals surface area contributed by atoms with Gasteiger partial charge in [0.25, 0.3) is 11.6 Å². The quantitative estimate of drug-likeness (QED) is 0.146. The smallest absolute Gasteiger partial charge is 0.338 e. The summed E-state index contributed by atoms with van der Waals surface area (Å²) in [6.07, 6.45) is -0.763. The summed E-state index contributed by atoms with van der Waals surface area (Å²) in [5, 5.41) is 20.6. The van der Waals surface area contributed by atoms with E-state index in [4.69, 9.17) is 9.15 Å². The van der Waals surface area contributed by atoms with Gasteiger partial charge in [0, 0.05) is 33.7 Å². The van der Waals surface area contributed by atoms with Gasteiger partial charge < -0.3 is 9.15 Å². The molecule has 1 unspecified atom stereocenters. The SMILES string of the molecule is CC(OC(=O)c1ccc(SCc2cscn2)cc1)c1nnc(-c2ccc([N+](=O)[O-])cc2)o1. The number of carbonyl (C=O) groups excluding carboxylic acids is 1. The van der Waals surface area contributed by atoms with Crippen LogP contribution in [0.15, 0.2) is 68.7 Å². The topological polar surface area (TPSA) is 121 Å². The van der Waals surface area contributed by atoms with E-state index in [0.29, 0.717) is 11.1 Å².